The van der Waals surface area contributed by atoms with E-state index in [4.69, 9.17) is 9.84 Å². The number of aliphatic hydroxyl groups is 2. The van der Waals surface area contributed by atoms with Gasteiger partial charge in [-0.3, -0.25) is 24.3 Å². The minimum atomic E-state index is -1.12. The predicted molar refractivity (Wildman–Crippen MR) is 179 cm³/mol. The monoisotopic (exact) mass is 672 g/mol. The number of halogens is 1. The highest BCUT2D eigenvalue weighted by molar-refractivity contribution is 6.05. The molecular formula is C38H41FN2O8. The highest BCUT2D eigenvalue weighted by atomic mass is 19.1. The van der Waals surface area contributed by atoms with Gasteiger partial charge in [0.1, 0.15) is 12.4 Å². The van der Waals surface area contributed by atoms with Gasteiger partial charge in [0.2, 0.25) is 11.8 Å². The molecule has 10 nitrogen and oxygen atoms in total. The lowest BCUT2D eigenvalue weighted by atomic mass is 9.68. The Balaban J connectivity index is 1.42. The second kappa shape index (κ2) is 16.5. The number of phenols is 1. The van der Waals surface area contributed by atoms with Gasteiger partial charge in [0.15, 0.2) is 11.6 Å². The molecule has 5 rings (SSSR count). The predicted octanol–water partition coefficient (Wildman–Crippen LogP) is 5.24. The molecule has 0 bridgehead atoms. The van der Waals surface area contributed by atoms with Crippen LogP contribution in [-0.2, 0) is 14.4 Å². The van der Waals surface area contributed by atoms with Crippen molar-refractivity contribution in [1.82, 2.24) is 9.88 Å². The SMILES string of the molecule is O=C(O)CCCCCN1C(=O)[C@@H]2[C@@H](CC(COc3ccccc3)=C([C@H](O)CC/C(=C/c3ccc(O)c(F)c3)c3ccccn3)[C@@H]2CO)C1=O. The van der Waals surface area contributed by atoms with Gasteiger partial charge in [-0.2, -0.15) is 0 Å². The summed E-state index contributed by atoms with van der Waals surface area (Å²) in [5.74, 6) is -4.68. The van der Waals surface area contributed by atoms with Gasteiger partial charge in [0.25, 0.3) is 0 Å². The summed E-state index contributed by atoms with van der Waals surface area (Å²) < 4.78 is 20.3. The number of carbonyl (C=O) groups is 3. The number of fused-ring (bicyclic) bond motifs is 1. The third kappa shape index (κ3) is 8.60. The first kappa shape index (κ1) is 35.4. The highest BCUT2D eigenvalue weighted by Gasteiger charge is 2.54. The molecule has 2 amide bonds. The van der Waals surface area contributed by atoms with Gasteiger partial charge >= 0.3 is 5.97 Å². The number of carboxylic acids is 1. The Kier molecular flexibility index (Phi) is 11.9. The first-order valence-corrected chi connectivity index (χ1v) is 16.5. The molecule has 0 saturated carbocycles. The maximum absolute atomic E-state index is 14.2. The number of allylic oxidation sites excluding steroid dienone is 1. The Bertz CT molecular complexity index is 1690. The third-order valence-electron chi connectivity index (χ3n) is 9.25. The fourth-order valence-electron chi connectivity index (χ4n) is 6.88. The number of carboxylic acid groups (broad SMARTS) is 1. The summed E-state index contributed by atoms with van der Waals surface area (Å²) in [6.07, 6.45) is 4.33. The van der Waals surface area contributed by atoms with Crippen LogP contribution < -0.4 is 4.74 Å². The van der Waals surface area contributed by atoms with E-state index in [-0.39, 0.29) is 38.3 Å². The van der Waals surface area contributed by atoms with Crippen LogP contribution in [0.4, 0.5) is 4.39 Å². The minimum Gasteiger partial charge on any atom is -0.505 e. The Hall–Kier alpha value is -4.87. The number of benzene rings is 2. The number of aliphatic hydroxyl groups excluding tert-OH is 2. The zero-order chi connectivity index (χ0) is 34.9. The molecule has 0 spiro atoms. The number of para-hydroxylation sites is 1. The number of hydrogen-bond donors (Lipinski definition) is 4. The van der Waals surface area contributed by atoms with E-state index in [1.807, 2.05) is 24.3 Å². The molecular weight excluding hydrogens is 631 g/mol. The average Bonchev–Trinajstić information content (AvgIpc) is 3.34. The van der Waals surface area contributed by atoms with E-state index in [1.165, 1.54) is 17.0 Å². The van der Waals surface area contributed by atoms with Gasteiger partial charge in [-0.15, -0.1) is 0 Å². The molecule has 1 fully saturated rings. The molecule has 1 aliphatic carbocycles. The molecule has 4 N–H and O–H groups in total. The summed E-state index contributed by atoms with van der Waals surface area (Å²) in [5, 5.41) is 41.2. The van der Waals surface area contributed by atoms with Gasteiger partial charge in [0, 0.05) is 25.1 Å². The van der Waals surface area contributed by atoms with Crippen molar-refractivity contribution in [3.05, 3.63) is 101 Å². The summed E-state index contributed by atoms with van der Waals surface area (Å²) in [4.78, 5) is 43.9. The maximum atomic E-state index is 14.2. The largest absolute Gasteiger partial charge is 0.505 e. The number of nitrogens with zero attached hydrogens (tertiary/aromatic N) is 2. The number of unbranched alkanes of at least 4 members (excludes halogenated alkanes) is 2. The molecule has 4 atom stereocenters. The smallest absolute Gasteiger partial charge is 0.303 e. The fraction of sp³-hybridized carbons (Fsp3) is 0.368. The molecule has 0 radical (unpaired) electrons. The highest BCUT2D eigenvalue weighted by Crippen LogP contribution is 2.46. The van der Waals surface area contributed by atoms with Crippen molar-refractivity contribution in [2.24, 2.45) is 17.8 Å². The number of pyridine rings is 1. The Morgan fingerprint density at radius 3 is 2.49 bits per heavy atom. The van der Waals surface area contributed by atoms with E-state index < -0.39 is 53.9 Å². The van der Waals surface area contributed by atoms with Crippen LogP contribution in [0.2, 0.25) is 0 Å². The topological polar surface area (TPSA) is 157 Å². The van der Waals surface area contributed by atoms with Crippen LogP contribution in [0.15, 0.2) is 84.1 Å². The number of rotatable bonds is 16. The lowest BCUT2D eigenvalue weighted by molar-refractivity contribution is -0.141. The molecule has 258 valence electrons. The molecule has 49 heavy (non-hydrogen) atoms. The van der Waals surface area contributed by atoms with E-state index in [0.29, 0.717) is 59.4 Å². The fourth-order valence-corrected chi connectivity index (χ4v) is 6.88. The number of carbonyl (C=O) groups excluding carboxylic acids is 2. The second-order valence-corrected chi connectivity index (χ2v) is 12.5. The summed E-state index contributed by atoms with van der Waals surface area (Å²) >= 11 is 0. The third-order valence-corrected chi connectivity index (χ3v) is 9.25. The van der Waals surface area contributed by atoms with Crippen LogP contribution in [0.25, 0.3) is 11.6 Å². The van der Waals surface area contributed by atoms with Crippen molar-refractivity contribution >= 4 is 29.4 Å². The Morgan fingerprint density at radius 1 is 1.02 bits per heavy atom. The zero-order valence-corrected chi connectivity index (χ0v) is 27.1. The Labute approximate surface area is 284 Å². The van der Waals surface area contributed by atoms with E-state index in [9.17, 15) is 34.1 Å². The molecule has 2 aliphatic rings. The van der Waals surface area contributed by atoms with E-state index in [1.54, 1.807) is 42.6 Å². The lowest BCUT2D eigenvalue weighted by Gasteiger charge is -2.36. The minimum absolute atomic E-state index is 0.0126. The molecule has 11 heteroatoms. The van der Waals surface area contributed by atoms with Crippen molar-refractivity contribution < 1.29 is 43.9 Å². The summed E-state index contributed by atoms with van der Waals surface area (Å²) in [7, 11) is 0. The summed E-state index contributed by atoms with van der Waals surface area (Å²) in [5.41, 5.74) is 2.92. The van der Waals surface area contributed by atoms with E-state index >= 15 is 0 Å². The summed E-state index contributed by atoms with van der Waals surface area (Å²) in [6, 6.07) is 18.5. The first-order valence-electron chi connectivity index (χ1n) is 16.5. The van der Waals surface area contributed by atoms with Crippen molar-refractivity contribution in [2.75, 3.05) is 19.8 Å². The lowest BCUT2D eigenvalue weighted by Crippen LogP contribution is -2.40. The van der Waals surface area contributed by atoms with Crippen LogP contribution >= 0.6 is 0 Å². The van der Waals surface area contributed by atoms with Gasteiger partial charge in [-0.25, -0.2) is 4.39 Å². The zero-order valence-electron chi connectivity index (χ0n) is 27.1. The number of amides is 2. The maximum Gasteiger partial charge on any atom is 0.303 e. The van der Waals surface area contributed by atoms with E-state index in [2.05, 4.69) is 4.98 Å². The van der Waals surface area contributed by atoms with Crippen molar-refractivity contribution in [2.45, 2.75) is 51.0 Å². The standard InChI is InChI=1S/C38H41FN2O8/c39-30-20-24(13-15-32(30)43)19-25(31-11-6-7-17-40-31)14-16-33(44)35-26(23-49-27-9-3-1-4-10-27)21-28-36(29(35)22-42)38(48)41(37(28)47)18-8-2-5-12-34(45)46/h1,3-4,6-7,9-11,13,15,17,19-20,28-29,33,36,42-44H,2,5,8,12,14,16,18,21-23H2,(H,45,46)/b25-19-/t28-,29+,33-,36-/m1/s1. The normalized spacial score (nSPS) is 20.0. The van der Waals surface area contributed by atoms with Crippen LogP contribution in [0.1, 0.15) is 56.2 Å². The molecule has 1 aliphatic heterocycles. The molecule has 2 heterocycles. The van der Waals surface area contributed by atoms with Crippen molar-refractivity contribution in [3.63, 3.8) is 0 Å². The van der Waals surface area contributed by atoms with Gasteiger partial charge in [0.05, 0.1) is 30.2 Å². The number of phenolic OH excluding ortho intramolecular Hbond substituents is 1. The quantitative estimate of drug-likeness (QED) is 0.0908. The van der Waals surface area contributed by atoms with Crippen LogP contribution in [0.5, 0.6) is 11.5 Å². The van der Waals surface area contributed by atoms with Gasteiger partial charge in [-0.1, -0.05) is 36.8 Å². The molecule has 2 aromatic carbocycles. The molecule has 3 aromatic rings. The van der Waals surface area contributed by atoms with Crippen molar-refractivity contribution in [1.29, 1.82) is 0 Å². The van der Waals surface area contributed by atoms with E-state index in [0.717, 1.165) is 0 Å². The first-order chi connectivity index (χ1) is 23.7. The average molecular weight is 673 g/mol. The molecule has 0 unspecified atom stereocenters. The van der Waals surface area contributed by atoms with Gasteiger partial charge in [-0.05, 0) is 96.9 Å². The summed E-state index contributed by atoms with van der Waals surface area (Å²) in [6.45, 7) is -0.266. The van der Waals surface area contributed by atoms with Crippen molar-refractivity contribution in [3.8, 4) is 11.5 Å². The number of ether oxygens (including phenoxy) is 1. The van der Waals surface area contributed by atoms with Gasteiger partial charge < -0.3 is 25.2 Å². The molecule has 1 saturated heterocycles. The second-order valence-electron chi connectivity index (χ2n) is 12.5. The number of aromatic hydroxyl groups is 1. The number of hydrogen-bond acceptors (Lipinski definition) is 8. The number of likely N-dealkylation sites (tertiary alicyclic amines) is 1. The number of imide groups is 1. The van der Waals surface area contributed by atoms with Crippen LogP contribution in [0.3, 0.4) is 0 Å². The van der Waals surface area contributed by atoms with Crippen LogP contribution in [0, 0.1) is 23.6 Å². The molecule has 1 aromatic heterocycles. The number of aromatic nitrogens is 1. The Morgan fingerprint density at radius 2 is 1.80 bits per heavy atom. The van der Waals surface area contributed by atoms with Crippen LogP contribution in [-0.4, -0.2) is 74.0 Å². The number of aliphatic carboxylic acids is 1.